The van der Waals surface area contributed by atoms with Gasteiger partial charge in [0.2, 0.25) is 0 Å². The molecule has 10 heavy (non-hydrogen) atoms. The molecular weight excluding hydrogens is 130 g/mol. The van der Waals surface area contributed by atoms with Gasteiger partial charge in [-0.25, -0.2) is 0 Å². The van der Waals surface area contributed by atoms with E-state index in [0.29, 0.717) is 6.54 Å². The predicted molar refractivity (Wildman–Crippen MR) is 42.4 cm³/mol. The first kappa shape index (κ1) is 9.10. The van der Waals surface area contributed by atoms with Crippen LogP contribution in [0.25, 0.3) is 0 Å². The molecule has 0 atom stereocenters. The van der Waals surface area contributed by atoms with Crippen molar-refractivity contribution in [2.24, 2.45) is 10.1 Å². The van der Waals surface area contributed by atoms with Gasteiger partial charge in [-0.05, 0) is 13.6 Å². The summed E-state index contributed by atoms with van der Waals surface area (Å²) in [5.74, 6) is 0. The minimum atomic E-state index is 0.113. The summed E-state index contributed by atoms with van der Waals surface area (Å²) < 4.78 is 0. The van der Waals surface area contributed by atoms with Crippen molar-refractivity contribution < 1.29 is 5.11 Å². The predicted octanol–water partition coefficient (Wildman–Crippen LogP) is -0.0555. The summed E-state index contributed by atoms with van der Waals surface area (Å²) in [4.78, 5) is 3.44. The van der Waals surface area contributed by atoms with Crippen molar-refractivity contribution in [3.63, 3.8) is 0 Å². The fraction of sp³-hybridized carbons (Fsp3) is 0.667. The molecule has 0 aliphatic carbocycles. The highest BCUT2D eigenvalue weighted by atomic mass is 16.3. The standard InChI is InChI=1S/C6H13N3O/c1-3-9(4-5-10)8-6-7-2/h6,10H,2-5H2,1H3/b8-6-. The number of aliphatic hydroxyl groups excluding tert-OH is 1. The summed E-state index contributed by atoms with van der Waals surface area (Å²) in [6.07, 6.45) is 1.36. The lowest BCUT2D eigenvalue weighted by Gasteiger charge is -2.13. The van der Waals surface area contributed by atoms with Crippen LogP contribution in [-0.4, -0.2) is 42.9 Å². The second kappa shape index (κ2) is 6.22. The van der Waals surface area contributed by atoms with Crippen molar-refractivity contribution in [2.75, 3.05) is 19.7 Å². The number of aliphatic imine (C=N–C) groups is 1. The van der Waals surface area contributed by atoms with Gasteiger partial charge < -0.3 is 5.11 Å². The monoisotopic (exact) mass is 143 g/mol. The molecule has 0 aromatic rings. The van der Waals surface area contributed by atoms with E-state index in [4.69, 9.17) is 5.11 Å². The fourth-order valence-corrected chi connectivity index (χ4v) is 0.522. The molecule has 0 amide bonds. The van der Waals surface area contributed by atoms with Crippen LogP contribution in [0.2, 0.25) is 0 Å². The van der Waals surface area contributed by atoms with E-state index >= 15 is 0 Å². The highest BCUT2D eigenvalue weighted by molar-refractivity contribution is 5.61. The summed E-state index contributed by atoms with van der Waals surface area (Å²) in [5, 5.41) is 14.1. The van der Waals surface area contributed by atoms with Crippen molar-refractivity contribution >= 4 is 13.1 Å². The Morgan fingerprint density at radius 3 is 2.80 bits per heavy atom. The number of rotatable bonds is 5. The van der Waals surface area contributed by atoms with Gasteiger partial charge in [-0.3, -0.25) is 10.0 Å². The molecule has 0 saturated carbocycles. The number of hydrogen-bond donors (Lipinski definition) is 1. The summed E-state index contributed by atoms with van der Waals surface area (Å²) >= 11 is 0. The van der Waals surface area contributed by atoms with Crippen LogP contribution in [0.1, 0.15) is 6.92 Å². The van der Waals surface area contributed by atoms with Gasteiger partial charge in [0.25, 0.3) is 0 Å². The van der Waals surface area contributed by atoms with Crippen LogP contribution < -0.4 is 0 Å². The molecule has 0 aromatic heterocycles. The first-order valence-electron chi connectivity index (χ1n) is 3.19. The molecule has 0 fully saturated rings. The van der Waals surface area contributed by atoms with Gasteiger partial charge in [0, 0.05) is 6.54 Å². The van der Waals surface area contributed by atoms with E-state index in [0.717, 1.165) is 6.54 Å². The van der Waals surface area contributed by atoms with E-state index < -0.39 is 0 Å². The molecular formula is C6H13N3O. The lowest BCUT2D eigenvalue weighted by molar-refractivity contribution is 0.208. The van der Waals surface area contributed by atoms with Crippen molar-refractivity contribution in [2.45, 2.75) is 6.92 Å². The van der Waals surface area contributed by atoms with E-state index in [-0.39, 0.29) is 6.61 Å². The Morgan fingerprint density at radius 1 is 1.70 bits per heavy atom. The van der Waals surface area contributed by atoms with Crippen LogP contribution in [-0.2, 0) is 0 Å². The highest BCUT2D eigenvalue weighted by Gasteiger charge is 1.91. The number of nitrogens with zero attached hydrogens (tertiary/aromatic N) is 3. The summed E-state index contributed by atoms with van der Waals surface area (Å²) in [6, 6.07) is 0. The van der Waals surface area contributed by atoms with Crippen molar-refractivity contribution in [3.8, 4) is 0 Å². The summed E-state index contributed by atoms with van der Waals surface area (Å²) in [7, 11) is 0. The van der Waals surface area contributed by atoms with Gasteiger partial charge in [-0.15, -0.1) is 0 Å². The van der Waals surface area contributed by atoms with E-state index in [1.54, 1.807) is 5.01 Å². The molecule has 0 heterocycles. The zero-order chi connectivity index (χ0) is 7.82. The van der Waals surface area contributed by atoms with Crippen LogP contribution >= 0.6 is 0 Å². The van der Waals surface area contributed by atoms with Gasteiger partial charge >= 0.3 is 0 Å². The number of likely N-dealkylation sites (N-methyl/N-ethyl adjacent to an activating group) is 1. The third-order valence-corrected chi connectivity index (χ3v) is 1.02. The average molecular weight is 143 g/mol. The van der Waals surface area contributed by atoms with Crippen LogP contribution in [0.3, 0.4) is 0 Å². The van der Waals surface area contributed by atoms with Gasteiger partial charge in [0.15, 0.2) is 0 Å². The molecule has 1 N–H and O–H groups in total. The van der Waals surface area contributed by atoms with Crippen molar-refractivity contribution in [3.05, 3.63) is 0 Å². The second-order valence-corrected chi connectivity index (χ2v) is 1.68. The number of hydrazone groups is 1. The molecule has 0 spiro atoms. The van der Waals surface area contributed by atoms with E-state index in [1.807, 2.05) is 6.92 Å². The maximum atomic E-state index is 8.51. The first-order valence-corrected chi connectivity index (χ1v) is 3.19. The Kier molecular flexibility index (Phi) is 5.66. The third-order valence-electron chi connectivity index (χ3n) is 1.02. The number of aliphatic hydroxyl groups is 1. The van der Waals surface area contributed by atoms with Gasteiger partial charge in [0.1, 0.15) is 6.34 Å². The molecule has 0 bridgehead atoms. The summed E-state index contributed by atoms with van der Waals surface area (Å²) in [5.41, 5.74) is 0. The molecule has 58 valence electrons. The Bertz CT molecular complexity index is 114. The Balaban J connectivity index is 3.58. The molecule has 0 radical (unpaired) electrons. The van der Waals surface area contributed by atoms with Gasteiger partial charge in [0.05, 0.1) is 13.2 Å². The molecule has 4 nitrogen and oxygen atoms in total. The van der Waals surface area contributed by atoms with Crippen LogP contribution in [0.15, 0.2) is 10.1 Å². The lowest BCUT2D eigenvalue weighted by atomic mass is 10.6. The van der Waals surface area contributed by atoms with Crippen LogP contribution in [0, 0.1) is 0 Å². The average Bonchev–Trinajstić information content (AvgIpc) is 1.98. The van der Waals surface area contributed by atoms with Crippen LogP contribution in [0.5, 0.6) is 0 Å². The molecule has 0 rings (SSSR count). The fourth-order valence-electron chi connectivity index (χ4n) is 0.522. The van der Waals surface area contributed by atoms with E-state index in [2.05, 4.69) is 16.8 Å². The Morgan fingerprint density at radius 2 is 2.40 bits per heavy atom. The third kappa shape index (κ3) is 4.03. The van der Waals surface area contributed by atoms with E-state index in [1.165, 1.54) is 6.34 Å². The smallest absolute Gasteiger partial charge is 0.134 e. The second-order valence-electron chi connectivity index (χ2n) is 1.68. The molecule has 0 saturated heterocycles. The van der Waals surface area contributed by atoms with Crippen LogP contribution in [0.4, 0.5) is 0 Å². The Hall–Kier alpha value is -0.900. The van der Waals surface area contributed by atoms with Gasteiger partial charge in [-0.2, -0.15) is 5.10 Å². The molecule has 4 heteroatoms. The number of hydrogen-bond acceptors (Lipinski definition) is 3. The quantitative estimate of drug-likeness (QED) is 0.333. The zero-order valence-electron chi connectivity index (χ0n) is 6.19. The summed E-state index contributed by atoms with van der Waals surface area (Å²) in [6.45, 7) is 6.62. The largest absolute Gasteiger partial charge is 0.394 e. The van der Waals surface area contributed by atoms with Crippen molar-refractivity contribution in [1.29, 1.82) is 0 Å². The maximum absolute atomic E-state index is 8.51. The zero-order valence-corrected chi connectivity index (χ0v) is 6.19. The SMILES string of the molecule is C=N/C=N\N(CC)CCO. The minimum absolute atomic E-state index is 0.113. The molecule has 0 unspecified atom stereocenters. The highest BCUT2D eigenvalue weighted by Crippen LogP contribution is 1.85. The van der Waals surface area contributed by atoms with E-state index in [9.17, 15) is 0 Å². The normalized spacial score (nSPS) is 10.2. The van der Waals surface area contributed by atoms with Crippen molar-refractivity contribution in [1.82, 2.24) is 5.01 Å². The lowest BCUT2D eigenvalue weighted by Crippen LogP contribution is -2.20. The minimum Gasteiger partial charge on any atom is -0.394 e. The maximum Gasteiger partial charge on any atom is 0.134 e. The van der Waals surface area contributed by atoms with Gasteiger partial charge in [-0.1, -0.05) is 0 Å². The molecule has 0 aliphatic rings. The first-order chi connectivity index (χ1) is 4.85. The topological polar surface area (TPSA) is 48.2 Å². The molecule has 0 aromatic carbocycles. The molecule has 0 aliphatic heterocycles. The Labute approximate surface area is 60.9 Å².